The second-order valence-corrected chi connectivity index (χ2v) is 11.0. The first kappa shape index (κ1) is 31.0. The Labute approximate surface area is 241 Å². The van der Waals surface area contributed by atoms with Gasteiger partial charge in [-0.05, 0) is 51.3 Å². The van der Waals surface area contributed by atoms with E-state index in [0.29, 0.717) is 59.3 Å². The number of nitrogens with zero attached hydrogens (tertiary/aromatic N) is 4. The van der Waals surface area contributed by atoms with Crippen molar-refractivity contribution in [3.05, 3.63) is 53.6 Å². The summed E-state index contributed by atoms with van der Waals surface area (Å²) in [5, 5.41) is 18.5. The number of nitrogens with two attached hydrogens (primary N) is 2. The maximum atomic E-state index is 10.1. The molecule has 1 aromatic heterocycles. The Balaban J connectivity index is 1.73. The fraction of sp³-hybridized carbons (Fsp3) is 0.483. The molecule has 0 unspecified atom stereocenters. The molecule has 1 aliphatic rings. The zero-order valence-corrected chi connectivity index (χ0v) is 24.4. The molecule has 2 aromatic rings. The quantitative estimate of drug-likeness (QED) is 0.178. The Morgan fingerprint density at radius 1 is 1.32 bits per heavy atom. The summed E-state index contributed by atoms with van der Waals surface area (Å²) in [4.78, 5) is 8.49. The minimum Gasteiger partial charge on any atom is -0.487 e. The van der Waals surface area contributed by atoms with Gasteiger partial charge in [0.15, 0.2) is 0 Å². The van der Waals surface area contributed by atoms with E-state index >= 15 is 0 Å². The summed E-state index contributed by atoms with van der Waals surface area (Å²) < 4.78 is 13.9. The molecule has 6 N–H and O–H groups in total. The van der Waals surface area contributed by atoms with Gasteiger partial charge in [-0.3, -0.25) is 9.67 Å². The molecule has 1 heterocycles. The fourth-order valence-electron chi connectivity index (χ4n) is 4.28. The van der Waals surface area contributed by atoms with Crippen molar-refractivity contribution in [1.82, 2.24) is 9.78 Å². The van der Waals surface area contributed by atoms with E-state index in [0.717, 1.165) is 18.4 Å². The first-order valence-corrected chi connectivity index (χ1v) is 14.0. The summed E-state index contributed by atoms with van der Waals surface area (Å²) in [5.74, 6) is 1.34. The lowest BCUT2D eigenvalue weighted by molar-refractivity contribution is 0.0546. The lowest BCUT2D eigenvalue weighted by Gasteiger charge is -2.21. The smallest absolute Gasteiger partial charge is 0.256 e. The fourth-order valence-corrected chi connectivity index (χ4v) is 4.45. The van der Waals surface area contributed by atoms with Crippen LogP contribution in [0, 0.1) is 0 Å². The normalized spacial score (nSPS) is 16.0. The molecule has 0 amide bonds. The van der Waals surface area contributed by atoms with Crippen molar-refractivity contribution >= 4 is 35.4 Å². The van der Waals surface area contributed by atoms with Gasteiger partial charge in [0.05, 0.1) is 42.4 Å². The summed E-state index contributed by atoms with van der Waals surface area (Å²) in [6.07, 6.45) is 12.3. The Hall–Kier alpha value is -3.50. The van der Waals surface area contributed by atoms with Gasteiger partial charge in [0.2, 0.25) is 0 Å². The number of anilines is 1. The van der Waals surface area contributed by atoms with Crippen LogP contribution in [-0.2, 0) is 0 Å². The van der Waals surface area contributed by atoms with Crippen LogP contribution in [-0.4, -0.2) is 52.3 Å². The van der Waals surface area contributed by atoms with Crippen molar-refractivity contribution in [2.75, 3.05) is 18.5 Å². The van der Waals surface area contributed by atoms with E-state index in [1.165, 1.54) is 31.8 Å². The van der Waals surface area contributed by atoms with Gasteiger partial charge in [0.25, 0.3) is 5.88 Å². The summed E-state index contributed by atoms with van der Waals surface area (Å²) in [5.41, 5.74) is 12.5. The van der Waals surface area contributed by atoms with Crippen LogP contribution >= 0.6 is 11.6 Å². The highest BCUT2D eigenvalue weighted by Gasteiger charge is 2.21. The molecule has 11 heteroatoms. The number of hydrogen-bond donors (Lipinski definition) is 4. The van der Waals surface area contributed by atoms with Crippen LogP contribution in [0.15, 0.2) is 53.0 Å². The highest BCUT2D eigenvalue weighted by molar-refractivity contribution is 6.32. The van der Waals surface area contributed by atoms with E-state index in [1.807, 2.05) is 23.9 Å². The van der Waals surface area contributed by atoms with Gasteiger partial charge in [-0.1, -0.05) is 43.5 Å². The summed E-state index contributed by atoms with van der Waals surface area (Å²) in [6.45, 7) is 10.2. The number of allylic oxidation sites excluding steroid dienone is 1. The second kappa shape index (κ2) is 14.8. The SMILES string of the molecule is C=C(N=C/C(=C\N)c1ccc(Cl)c(O[C@@H](C)CN=CN)c1)Nc1cn(C2CCCCC2)nc1OCCC(C)(C)O. The van der Waals surface area contributed by atoms with E-state index in [9.17, 15) is 5.11 Å². The zero-order valence-electron chi connectivity index (χ0n) is 23.6. The second-order valence-electron chi connectivity index (χ2n) is 10.6. The third-order valence-corrected chi connectivity index (χ3v) is 6.79. The number of nitrogens with one attached hydrogen (secondary N) is 1. The Bertz CT molecular complexity index is 1210. The number of rotatable bonds is 14. The van der Waals surface area contributed by atoms with Crippen LogP contribution in [0.3, 0.4) is 0 Å². The van der Waals surface area contributed by atoms with Gasteiger partial charge in [0, 0.05) is 24.4 Å². The first-order chi connectivity index (χ1) is 19.1. The number of aliphatic hydroxyl groups is 1. The zero-order chi connectivity index (χ0) is 29.1. The predicted octanol–water partition coefficient (Wildman–Crippen LogP) is 5.29. The summed E-state index contributed by atoms with van der Waals surface area (Å²) >= 11 is 6.34. The Morgan fingerprint density at radius 2 is 2.08 bits per heavy atom. The highest BCUT2D eigenvalue weighted by Crippen LogP contribution is 2.33. The van der Waals surface area contributed by atoms with Gasteiger partial charge in [0.1, 0.15) is 23.4 Å². The van der Waals surface area contributed by atoms with Crippen LogP contribution in [0.5, 0.6) is 11.6 Å². The number of aliphatic imine (C=N–C) groups is 2. The third kappa shape index (κ3) is 9.60. The molecule has 0 saturated heterocycles. The number of hydrogen-bond acceptors (Lipinski definition) is 8. The Morgan fingerprint density at radius 3 is 2.75 bits per heavy atom. The average molecular weight is 572 g/mol. The van der Waals surface area contributed by atoms with Gasteiger partial charge in [-0.2, -0.15) is 0 Å². The molecule has 0 bridgehead atoms. The van der Waals surface area contributed by atoms with Crippen LogP contribution in [0.2, 0.25) is 5.02 Å². The summed E-state index contributed by atoms with van der Waals surface area (Å²) in [7, 11) is 0. The van der Waals surface area contributed by atoms with E-state index in [2.05, 4.69) is 21.9 Å². The maximum absolute atomic E-state index is 10.1. The van der Waals surface area contributed by atoms with Crippen LogP contribution in [0.25, 0.3) is 5.57 Å². The van der Waals surface area contributed by atoms with E-state index in [-0.39, 0.29) is 6.10 Å². The molecule has 1 fully saturated rings. The van der Waals surface area contributed by atoms with Crippen LogP contribution in [0.1, 0.15) is 70.9 Å². The van der Waals surface area contributed by atoms with E-state index < -0.39 is 5.60 Å². The van der Waals surface area contributed by atoms with Crippen molar-refractivity contribution in [3.63, 3.8) is 0 Å². The monoisotopic (exact) mass is 571 g/mol. The van der Waals surface area contributed by atoms with E-state index in [1.54, 1.807) is 32.2 Å². The minimum atomic E-state index is -0.832. The lowest BCUT2D eigenvalue weighted by Crippen LogP contribution is -2.22. The molecule has 1 aromatic carbocycles. The average Bonchev–Trinajstić information content (AvgIpc) is 3.31. The third-order valence-electron chi connectivity index (χ3n) is 6.48. The number of aromatic nitrogens is 2. The van der Waals surface area contributed by atoms with Gasteiger partial charge in [-0.15, -0.1) is 5.10 Å². The Kier molecular flexibility index (Phi) is 11.5. The van der Waals surface area contributed by atoms with E-state index in [4.69, 9.17) is 37.6 Å². The molecule has 1 saturated carbocycles. The molecular weight excluding hydrogens is 530 g/mol. The molecule has 1 atom stereocenters. The van der Waals surface area contributed by atoms with Gasteiger partial charge >= 0.3 is 0 Å². The van der Waals surface area contributed by atoms with Gasteiger partial charge in [-0.25, -0.2) is 4.99 Å². The molecule has 10 nitrogen and oxygen atoms in total. The van der Waals surface area contributed by atoms with Crippen molar-refractivity contribution < 1.29 is 14.6 Å². The van der Waals surface area contributed by atoms with Crippen molar-refractivity contribution in [1.29, 1.82) is 0 Å². The summed E-state index contributed by atoms with van der Waals surface area (Å²) in [6, 6.07) is 5.71. The molecule has 40 heavy (non-hydrogen) atoms. The largest absolute Gasteiger partial charge is 0.487 e. The molecule has 3 rings (SSSR count). The number of ether oxygens (including phenoxy) is 2. The maximum Gasteiger partial charge on any atom is 0.256 e. The first-order valence-electron chi connectivity index (χ1n) is 13.6. The van der Waals surface area contributed by atoms with Gasteiger partial charge < -0.3 is 31.4 Å². The topological polar surface area (TPSA) is 145 Å². The van der Waals surface area contributed by atoms with Crippen molar-refractivity contribution in [2.45, 2.75) is 77.0 Å². The van der Waals surface area contributed by atoms with Crippen LogP contribution < -0.4 is 26.3 Å². The van der Waals surface area contributed by atoms with Crippen molar-refractivity contribution in [2.24, 2.45) is 21.5 Å². The number of benzene rings is 1. The predicted molar refractivity (Wildman–Crippen MR) is 163 cm³/mol. The van der Waals surface area contributed by atoms with Crippen LogP contribution in [0.4, 0.5) is 5.69 Å². The molecule has 1 aliphatic carbocycles. The molecule has 0 aliphatic heterocycles. The molecule has 218 valence electrons. The highest BCUT2D eigenvalue weighted by atomic mass is 35.5. The standard InChI is InChI=1S/C29H42ClN7O3/c1-20(16-33-19-32)40-27-14-22(10-11-25(27)30)23(15-31)17-34-21(2)35-26-18-37(24-8-6-5-7-9-24)36-28(26)39-13-12-29(3,4)38/h10-11,14-15,17-20,24,35,38H,2,5-9,12-13,16,31H2,1,3-4H3,(H2,32,33)/b23-15+,34-17?/t20-/m0/s1. The minimum absolute atomic E-state index is 0.218. The lowest BCUT2D eigenvalue weighted by atomic mass is 9.96. The van der Waals surface area contributed by atoms with Crippen molar-refractivity contribution in [3.8, 4) is 11.6 Å². The molecular formula is C29H42ClN7O3. The molecule has 0 spiro atoms. The number of halogens is 1. The molecule has 0 radical (unpaired) electrons.